The van der Waals surface area contributed by atoms with Gasteiger partial charge >= 0.3 is 0 Å². The lowest BCUT2D eigenvalue weighted by molar-refractivity contribution is -0.140. The molecule has 1 N–H and O–H groups in total. The predicted molar refractivity (Wildman–Crippen MR) is 119 cm³/mol. The summed E-state index contributed by atoms with van der Waals surface area (Å²) in [5.74, 6) is -0.962. The Morgan fingerprint density at radius 2 is 1.77 bits per heavy atom. The van der Waals surface area contributed by atoms with Crippen LogP contribution in [0.4, 0.5) is 0 Å². The Morgan fingerprint density at radius 3 is 2.39 bits per heavy atom. The standard InChI is InChI=1S/C24H19BrN2O4/c1-31-19-11-7-15(8-12-19)21-20(22(28)16-5-9-17(25)10-6-16)23(29)24(30)27(21)14-18-4-2-3-13-26-18/h2-13,21,28H,14H2,1H3/b22-20+. The van der Waals surface area contributed by atoms with Crippen LogP contribution in [0.2, 0.25) is 0 Å². The summed E-state index contributed by atoms with van der Waals surface area (Å²) in [4.78, 5) is 31.7. The molecule has 0 saturated carbocycles. The van der Waals surface area contributed by atoms with Crippen molar-refractivity contribution in [2.24, 2.45) is 0 Å². The van der Waals surface area contributed by atoms with E-state index >= 15 is 0 Å². The average molecular weight is 479 g/mol. The SMILES string of the molecule is COc1ccc(C2/C(=C(\O)c3ccc(Br)cc3)C(=O)C(=O)N2Cc2ccccn2)cc1. The molecular formula is C24H19BrN2O4. The third-order valence-corrected chi connectivity index (χ3v) is 5.68. The fourth-order valence-electron chi connectivity index (χ4n) is 3.61. The summed E-state index contributed by atoms with van der Waals surface area (Å²) in [7, 11) is 1.57. The number of aromatic nitrogens is 1. The molecule has 1 aromatic heterocycles. The first kappa shape index (κ1) is 20.8. The number of ether oxygens (including phenoxy) is 1. The minimum atomic E-state index is -0.753. The summed E-state index contributed by atoms with van der Waals surface area (Å²) in [5.41, 5.74) is 1.84. The third-order valence-electron chi connectivity index (χ3n) is 5.15. The molecule has 0 aliphatic carbocycles. The molecule has 1 saturated heterocycles. The molecule has 2 heterocycles. The van der Waals surface area contributed by atoms with Crippen LogP contribution in [0.3, 0.4) is 0 Å². The van der Waals surface area contributed by atoms with Crippen molar-refractivity contribution in [2.75, 3.05) is 7.11 Å². The van der Waals surface area contributed by atoms with Gasteiger partial charge in [0.05, 0.1) is 31.0 Å². The van der Waals surface area contributed by atoms with Crippen molar-refractivity contribution < 1.29 is 19.4 Å². The smallest absolute Gasteiger partial charge is 0.296 e. The van der Waals surface area contributed by atoms with Crippen LogP contribution in [-0.4, -0.2) is 33.8 Å². The predicted octanol–water partition coefficient (Wildman–Crippen LogP) is 4.47. The number of rotatable bonds is 5. The number of Topliss-reactive ketones (excluding diaryl/α,β-unsaturated/α-hetero) is 1. The van der Waals surface area contributed by atoms with Crippen LogP contribution in [0.1, 0.15) is 22.9 Å². The number of amides is 1. The van der Waals surface area contributed by atoms with Crippen LogP contribution < -0.4 is 4.74 Å². The molecule has 31 heavy (non-hydrogen) atoms. The van der Waals surface area contributed by atoms with Gasteiger partial charge in [-0.15, -0.1) is 0 Å². The first-order valence-corrected chi connectivity index (χ1v) is 10.4. The quantitative estimate of drug-likeness (QED) is 0.332. The fraction of sp³-hybridized carbons (Fsp3) is 0.125. The normalized spacial score (nSPS) is 17.7. The number of benzene rings is 2. The van der Waals surface area contributed by atoms with Gasteiger partial charge in [0.1, 0.15) is 11.5 Å². The van der Waals surface area contributed by atoms with Gasteiger partial charge in [-0.25, -0.2) is 0 Å². The molecule has 1 fully saturated rings. The Bertz CT molecular complexity index is 1140. The van der Waals surface area contributed by atoms with E-state index in [0.29, 0.717) is 22.6 Å². The molecule has 0 bridgehead atoms. The number of aliphatic hydroxyl groups excluding tert-OH is 1. The molecule has 7 heteroatoms. The number of nitrogens with zero attached hydrogens (tertiary/aromatic N) is 2. The number of methoxy groups -OCH3 is 1. The zero-order chi connectivity index (χ0) is 22.0. The largest absolute Gasteiger partial charge is 0.507 e. The summed E-state index contributed by atoms with van der Waals surface area (Å²) in [6.45, 7) is 0.138. The van der Waals surface area contributed by atoms with Gasteiger partial charge in [0.2, 0.25) is 0 Å². The fourth-order valence-corrected chi connectivity index (χ4v) is 3.87. The van der Waals surface area contributed by atoms with E-state index in [0.717, 1.165) is 4.47 Å². The second-order valence-corrected chi connectivity index (χ2v) is 7.94. The molecule has 0 radical (unpaired) electrons. The molecule has 156 valence electrons. The lowest BCUT2D eigenvalue weighted by Crippen LogP contribution is -2.29. The monoisotopic (exact) mass is 478 g/mol. The number of carbonyl (C=O) groups is 2. The number of likely N-dealkylation sites (tertiary alicyclic amines) is 1. The molecule has 1 unspecified atom stereocenters. The summed E-state index contributed by atoms with van der Waals surface area (Å²) < 4.78 is 6.07. The van der Waals surface area contributed by atoms with E-state index < -0.39 is 17.7 Å². The van der Waals surface area contributed by atoms with Crippen LogP contribution in [-0.2, 0) is 16.1 Å². The second-order valence-electron chi connectivity index (χ2n) is 7.03. The van der Waals surface area contributed by atoms with Gasteiger partial charge in [0.25, 0.3) is 11.7 Å². The number of pyridine rings is 1. The van der Waals surface area contributed by atoms with Crippen molar-refractivity contribution in [3.05, 3.63) is 99.8 Å². The van der Waals surface area contributed by atoms with E-state index in [-0.39, 0.29) is 17.9 Å². The number of hydrogen-bond acceptors (Lipinski definition) is 5. The number of aliphatic hydroxyl groups is 1. The summed E-state index contributed by atoms with van der Waals surface area (Å²) in [5, 5.41) is 11.0. The Kier molecular flexibility index (Phi) is 5.86. The number of ketones is 1. The zero-order valence-corrected chi connectivity index (χ0v) is 18.2. The highest BCUT2D eigenvalue weighted by molar-refractivity contribution is 9.10. The van der Waals surface area contributed by atoms with Gasteiger partial charge in [0, 0.05) is 16.2 Å². The second kappa shape index (κ2) is 8.73. The van der Waals surface area contributed by atoms with Crippen molar-refractivity contribution in [2.45, 2.75) is 12.6 Å². The molecule has 1 aliphatic rings. The molecule has 3 aromatic rings. The van der Waals surface area contributed by atoms with Crippen LogP contribution in [0.15, 0.2) is 83.0 Å². The molecule has 0 spiro atoms. The van der Waals surface area contributed by atoms with Crippen LogP contribution >= 0.6 is 15.9 Å². The van der Waals surface area contributed by atoms with Crippen molar-refractivity contribution >= 4 is 33.4 Å². The highest BCUT2D eigenvalue weighted by Gasteiger charge is 2.46. The van der Waals surface area contributed by atoms with E-state index in [2.05, 4.69) is 20.9 Å². The third kappa shape index (κ3) is 4.09. The van der Waals surface area contributed by atoms with Crippen LogP contribution in [0.5, 0.6) is 5.75 Å². The molecule has 1 amide bonds. The zero-order valence-electron chi connectivity index (χ0n) is 16.7. The van der Waals surface area contributed by atoms with E-state index in [4.69, 9.17) is 4.74 Å². The first-order chi connectivity index (χ1) is 15.0. The Hall–Kier alpha value is -3.45. The molecule has 1 atom stereocenters. The van der Waals surface area contributed by atoms with Crippen molar-refractivity contribution in [3.63, 3.8) is 0 Å². The maximum Gasteiger partial charge on any atom is 0.296 e. The molecule has 1 aliphatic heterocycles. The maximum atomic E-state index is 13.0. The van der Waals surface area contributed by atoms with Gasteiger partial charge in [-0.1, -0.05) is 46.3 Å². The van der Waals surface area contributed by atoms with Gasteiger partial charge < -0.3 is 14.7 Å². The van der Waals surface area contributed by atoms with Gasteiger partial charge in [-0.3, -0.25) is 14.6 Å². The highest BCUT2D eigenvalue weighted by atomic mass is 79.9. The minimum Gasteiger partial charge on any atom is -0.507 e. The lowest BCUT2D eigenvalue weighted by Gasteiger charge is -2.25. The highest BCUT2D eigenvalue weighted by Crippen LogP contribution is 2.40. The molecule has 6 nitrogen and oxygen atoms in total. The van der Waals surface area contributed by atoms with E-state index in [1.807, 2.05) is 6.07 Å². The minimum absolute atomic E-state index is 0.0495. The average Bonchev–Trinajstić information content (AvgIpc) is 3.05. The number of carbonyl (C=O) groups excluding carboxylic acids is 2. The van der Waals surface area contributed by atoms with Crippen LogP contribution in [0, 0.1) is 0 Å². The topological polar surface area (TPSA) is 79.7 Å². The molecule has 2 aromatic carbocycles. The van der Waals surface area contributed by atoms with Gasteiger partial charge in [0.15, 0.2) is 0 Å². The van der Waals surface area contributed by atoms with Gasteiger partial charge in [-0.05, 0) is 42.0 Å². The summed E-state index contributed by atoms with van der Waals surface area (Å²) >= 11 is 3.36. The van der Waals surface area contributed by atoms with E-state index in [9.17, 15) is 14.7 Å². The van der Waals surface area contributed by atoms with Crippen molar-refractivity contribution in [1.82, 2.24) is 9.88 Å². The number of halogens is 1. The molecular weight excluding hydrogens is 460 g/mol. The van der Waals surface area contributed by atoms with Gasteiger partial charge in [-0.2, -0.15) is 0 Å². The van der Waals surface area contributed by atoms with Crippen molar-refractivity contribution in [3.8, 4) is 5.75 Å². The Labute approximate surface area is 187 Å². The Morgan fingerprint density at radius 1 is 1.06 bits per heavy atom. The lowest BCUT2D eigenvalue weighted by atomic mass is 9.95. The van der Waals surface area contributed by atoms with Crippen LogP contribution in [0.25, 0.3) is 5.76 Å². The Balaban J connectivity index is 1.85. The summed E-state index contributed by atoms with van der Waals surface area (Å²) in [6.07, 6.45) is 1.64. The van der Waals surface area contributed by atoms with E-state index in [1.165, 1.54) is 4.90 Å². The first-order valence-electron chi connectivity index (χ1n) is 9.58. The van der Waals surface area contributed by atoms with E-state index in [1.54, 1.807) is 74.0 Å². The molecule has 4 rings (SSSR count). The summed E-state index contributed by atoms with van der Waals surface area (Å²) in [6, 6.07) is 18.7. The number of hydrogen-bond donors (Lipinski definition) is 1. The van der Waals surface area contributed by atoms with Crippen molar-refractivity contribution in [1.29, 1.82) is 0 Å². The maximum absolute atomic E-state index is 13.0.